The number of fused-ring (bicyclic) bond motifs is 1. The molecule has 0 atom stereocenters. The third kappa shape index (κ3) is 3.89. The van der Waals surface area contributed by atoms with Crippen molar-refractivity contribution >= 4 is 5.90 Å². The fourth-order valence-corrected chi connectivity index (χ4v) is 4.34. The fraction of sp³-hybridized carbons (Fsp3) is 0.360. The van der Waals surface area contributed by atoms with Crippen molar-refractivity contribution in [2.75, 3.05) is 26.2 Å². The molecule has 0 bridgehead atoms. The summed E-state index contributed by atoms with van der Waals surface area (Å²) in [6.45, 7) is 4.63. The molecule has 6 heteroatoms. The number of nitrogens with one attached hydrogen (secondary N) is 1. The molecule has 158 valence electrons. The van der Waals surface area contributed by atoms with Crippen molar-refractivity contribution < 1.29 is 4.74 Å². The molecule has 3 aliphatic heterocycles. The van der Waals surface area contributed by atoms with Crippen LogP contribution in [0.1, 0.15) is 18.4 Å². The van der Waals surface area contributed by atoms with E-state index in [1.807, 2.05) is 30.5 Å². The second-order valence-electron chi connectivity index (χ2n) is 8.80. The van der Waals surface area contributed by atoms with Crippen LogP contribution < -0.4 is 5.32 Å². The van der Waals surface area contributed by atoms with Crippen LogP contribution in [0.25, 0.3) is 11.3 Å². The number of pyridine rings is 1. The molecule has 0 radical (unpaired) electrons. The summed E-state index contributed by atoms with van der Waals surface area (Å²) in [4.78, 5) is 9.36. The predicted octanol–water partition coefficient (Wildman–Crippen LogP) is 3.56. The van der Waals surface area contributed by atoms with Gasteiger partial charge in [0, 0.05) is 56.1 Å². The third-order valence-electron chi connectivity index (χ3n) is 6.42. The molecule has 4 heterocycles. The highest BCUT2D eigenvalue weighted by Crippen LogP contribution is 2.43. The summed E-state index contributed by atoms with van der Waals surface area (Å²) in [5, 5.41) is 7.89. The van der Waals surface area contributed by atoms with Crippen molar-refractivity contribution in [3.8, 4) is 11.3 Å². The monoisotopic (exact) mass is 413 g/mol. The number of nitrogens with zero attached hydrogens (tertiary/aromatic N) is 4. The molecule has 2 fully saturated rings. The topological polar surface area (TPSA) is 53.0 Å². The Morgan fingerprint density at radius 3 is 2.65 bits per heavy atom. The molecule has 2 aromatic rings. The van der Waals surface area contributed by atoms with Gasteiger partial charge >= 0.3 is 0 Å². The van der Waals surface area contributed by atoms with E-state index in [2.05, 4.69) is 50.8 Å². The lowest BCUT2D eigenvalue weighted by molar-refractivity contribution is 0.0773. The van der Waals surface area contributed by atoms with Crippen LogP contribution in [-0.2, 0) is 11.3 Å². The summed E-state index contributed by atoms with van der Waals surface area (Å²) < 4.78 is 5.99. The summed E-state index contributed by atoms with van der Waals surface area (Å²) >= 11 is 0. The Labute approximate surface area is 182 Å². The second kappa shape index (κ2) is 7.94. The zero-order chi connectivity index (χ0) is 20.6. The molecule has 0 spiro atoms. The molecule has 6 nitrogen and oxygen atoms in total. The number of benzene rings is 1. The van der Waals surface area contributed by atoms with E-state index in [0.29, 0.717) is 11.8 Å². The number of hydrazine groups is 1. The Balaban J connectivity index is 1.16. The highest BCUT2D eigenvalue weighted by molar-refractivity contribution is 5.89. The van der Waals surface area contributed by atoms with Gasteiger partial charge in [0.1, 0.15) is 0 Å². The molecule has 4 aliphatic rings. The lowest BCUT2D eigenvalue weighted by Crippen LogP contribution is -2.44. The molecule has 6 rings (SSSR count). The quantitative estimate of drug-likeness (QED) is 0.785. The Kier molecular flexibility index (Phi) is 4.81. The molecule has 31 heavy (non-hydrogen) atoms. The fourth-order valence-electron chi connectivity index (χ4n) is 4.34. The second-order valence-corrected chi connectivity index (χ2v) is 8.80. The van der Waals surface area contributed by atoms with Gasteiger partial charge in [-0.1, -0.05) is 30.3 Å². The summed E-state index contributed by atoms with van der Waals surface area (Å²) in [6.07, 6.45) is 8.52. The van der Waals surface area contributed by atoms with Crippen molar-refractivity contribution in [1.29, 1.82) is 0 Å². The zero-order valence-electron chi connectivity index (χ0n) is 17.6. The summed E-state index contributed by atoms with van der Waals surface area (Å²) in [7, 11) is 0. The van der Waals surface area contributed by atoms with E-state index in [9.17, 15) is 0 Å². The van der Waals surface area contributed by atoms with Gasteiger partial charge in [-0.15, -0.1) is 0 Å². The SMILES string of the molecule is C1=CN2C(=C(C3CC3)CN2Cc2ccc(-c3ccccn3)cc2)N=C1OCC1CNC1. The Morgan fingerprint density at radius 1 is 1.06 bits per heavy atom. The minimum atomic E-state index is 0.611. The maximum absolute atomic E-state index is 5.99. The molecule has 0 unspecified atom stereocenters. The number of hydrogen-bond donors (Lipinski definition) is 1. The van der Waals surface area contributed by atoms with Crippen molar-refractivity contribution in [2.24, 2.45) is 16.8 Å². The summed E-state index contributed by atoms with van der Waals surface area (Å²) in [5.74, 6) is 3.12. The molecule has 0 amide bonds. The van der Waals surface area contributed by atoms with Gasteiger partial charge in [0.15, 0.2) is 5.82 Å². The van der Waals surface area contributed by atoms with Crippen molar-refractivity contribution in [1.82, 2.24) is 20.3 Å². The van der Waals surface area contributed by atoms with Gasteiger partial charge in [-0.05, 0) is 42.0 Å². The first-order valence-electron chi connectivity index (χ1n) is 11.2. The van der Waals surface area contributed by atoms with Crippen molar-refractivity contribution in [2.45, 2.75) is 19.4 Å². The molecule has 1 aromatic carbocycles. The van der Waals surface area contributed by atoms with Gasteiger partial charge in [0.2, 0.25) is 5.90 Å². The van der Waals surface area contributed by atoms with Crippen LogP contribution in [0.4, 0.5) is 0 Å². The Bertz CT molecular complexity index is 1040. The first kappa shape index (κ1) is 18.8. The van der Waals surface area contributed by atoms with Crippen molar-refractivity contribution in [3.05, 3.63) is 77.9 Å². The number of aromatic nitrogens is 1. The van der Waals surface area contributed by atoms with Crippen LogP contribution in [-0.4, -0.2) is 47.1 Å². The Morgan fingerprint density at radius 2 is 1.94 bits per heavy atom. The third-order valence-corrected chi connectivity index (χ3v) is 6.42. The largest absolute Gasteiger partial charge is 0.477 e. The van der Waals surface area contributed by atoms with Crippen LogP contribution in [0.2, 0.25) is 0 Å². The standard InChI is InChI=1S/C25H27N5O/c1-2-11-27-23(3-1)21-6-4-18(5-7-21)15-29-16-22(20-8-9-20)25-28-24(10-12-30(25)29)31-17-19-13-26-14-19/h1-7,10-12,19-20,26H,8-9,13-17H2. The molecule has 1 aromatic heterocycles. The molecular formula is C25H27N5O. The average Bonchev–Trinajstić information content (AvgIpc) is 3.57. The average molecular weight is 414 g/mol. The first-order chi connectivity index (χ1) is 15.3. The molecule has 1 N–H and O–H groups in total. The van der Waals surface area contributed by atoms with E-state index >= 15 is 0 Å². The number of hydrogen-bond acceptors (Lipinski definition) is 6. The van der Waals surface area contributed by atoms with Crippen LogP contribution >= 0.6 is 0 Å². The van der Waals surface area contributed by atoms with E-state index in [-0.39, 0.29) is 0 Å². The lowest BCUT2D eigenvalue weighted by Gasteiger charge is -2.30. The van der Waals surface area contributed by atoms with Crippen LogP contribution in [0.15, 0.2) is 77.3 Å². The molecule has 1 aliphatic carbocycles. The van der Waals surface area contributed by atoms with Crippen LogP contribution in [0, 0.1) is 11.8 Å². The smallest absolute Gasteiger partial charge is 0.216 e. The lowest BCUT2D eigenvalue weighted by atomic mass is 10.1. The van der Waals surface area contributed by atoms with Crippen LogP contribution in [0.5, 0.6) is 0 Å². The Hall–Kier alpha value is -2.96. The number of rotatable bonds is 6. The van der Waals surface area contributed by atoms with Gasteiger partial charge in [0.05, 0.1) is 12.3 Å². The van der Waals surface area contributed by atoms with E-state index in [4.69, 9.17) is 9.73 Å². The van der Waals surface area contributed by atoms with Crippen LogP contribution in [0.3, 0.4) is 0 Å². The van der Waals surface area contributed by atoms with Gasteiger partial charge in [-0.3, -0.25) is 9.99 Å². The predicted molar refractivity (Wildman–Crippen MR) is 121 cm³/mol. The number of ether oxygens (including phenoxy) is 1. The molecule has 1 saturated heterocycles. The van der Waals surface area contributed by atoms with E-state index in [1.54, 1.807) is 0 Å². The maximum Gasteiger partial charge on any atom is 0.216 e. The zero-order valence-corrected chi connectivity index (χ0v) is 17.6. The van der Waals surface area contributed by atoms with Crippen molar-refractivity contribution in [3.63, 3.8) is 0 Å². The first-order valence-corrected chi connectivity index (χ1v) is 11.2. The molecule has 1 saturated carbocycles. The minimum Gasteiger partial charge on any atom is -0.477 e. The highest BCUT2D eigenvalue weighted by atomic mass is 16.5. The van der Waals surface area contributed by atoms with Gasteiger partial charge in [-0.2, -0.15) is 4.99 Å². The summed E-state index contributed by atoms with van der Waals surface area (Å²) in [6, 6.07) is 14.8. The minimum absolute atomic E-state index is 0.611. The van der Waals surface area contributed by atoms with Gasteiger partial charge in [-0.25, -0.2) is 5.01 Å². The van der Waals surface area contributed by atoms with E-state index < -0.39 is 0 Å². The maximum atomic E-state index is 5.99. The van der Waals surface area contributed by atoms with Gasteiger partial charge < -0.3 is 10.1 Å². The van der Waals surface area contributed by atoms with Gasteiger partial charge in [0.25, 0.3) is 0 Å². The van der Waals surface area contributed by atoms with E-state index in [1.165, 1.54) is 24.0 Å². The number of aliphatic imine (C=N–C) groups is 1. The normalized spacial score (nSPS) is 21.2. The summed E-state index contributed by atoms with van der Waals surface area (Å²) in [5.41, 5.74) is 4.90. The molecular weight excluding hydrogens is 386 g/mol. The van der Waals surface area contributed by atoms with E-state index in [0.717, 1.165) is 55.8 Å². The highest BCUT2D eigenvalue weighted by Gasteiger charge is 2.38.